The van der Waals surface area contributed by atoms with Crippen LogP contribution in [0.1, 0.15) is 37.1 Å². The van der Waals surface area contributed by atoms with Crippen LogP contribution < -0.4 is 4.72 Å². The van der Waals surface area contributed by atoms with Crippen LogP contribution in [0.4, 0.5) is 0 Å². The van der Waals surface area contributed by atoms with Gasteiger partial charge in [-0.25, -0.2) is 23.1 Å². The summed E-state index contributed by atoms with van der Waals surface area (Å²) in [6.45, 7) is 2.07. The zero-order chi connectivity index (χ0) is 16.7. The largest absolute Gasteiger partial charge is 0.374 e. The lowest BCUT2D eigenvalue weighted by Crippen LogP contribution is -2.32. The highest BCUT2D eigenvalue weighted by Crippen LogP contribution is 2.40. The molecule has 2 aromatic rings. The van der Waals surface area contributed by atoms with Gasteiger partial charge in [0.15, 0.2) is 0 Å². The Labute approximate surface area is 141 Å². The summed E-state index contributed by atoms with van der Waals surface area (Å²) in [7, 11) is -3.38. The first-order valence-electron chi connectivity index (χ1n) is 8.42. The van der Waals surface area contributed by atoms with Crippen molar-refractivity contribution < 1.29 is 13.2 Å². The minimum absolute atomic E-state index is 0.0287. The fraction of sp³-hybridized carbons (Fsp3) is 0.625. The summed E-state index contributed by atoms with van der Waals surface area (Å²) < 4.78 is 34.9. The third-order valence-corrected chi connectivity index (χ3v) is 6.08. The van der Waals surface area contributed by atoms with Gasteiger partial charge in [0.1, 0.15) is 0 Å². The normalized spacial score (nSPS) is 24.7. The van der Waals surface area contributed by atoms with Gasteiger partial charge < -0.3 is 4.74 Å². The van der Waals surface area contributed by atoms with Crippen molar-refractivity contribution in [3.8, 4) is 0 Å². The van der Waals surface area contributed by atoms with E-state index in [0.717, 1.165) is 18.5 Å². The molecule has 0 bridgehead atoms. The van der Waals surface area contributed by atoms with Crippen LogP contribution in [-0.2, 0) is 21.3 Å². The van der Waals surface area contributed by atoms with Crippen LogP contribution in [0.2, 0.25) is 0 Å². The predicted molar refractivity (Wildman–Crippen MR) is 89.0 cm³/mol. The van der Waals surface area contributed by atoms with Crippen molar-refractivity contribution in [2.24, 2.45) is 5.92 Å². The minimum atomic E-state index is -3.38. The van der Waals surface area contributed by atoms with Gasteiger partial charge in [-0.15, -0.1) is 0 Å². The molecule has 1 N–H and O–H groups in total. The minimum Gasteiger partial charge on any atom is -0.374 e. The Balaban J connectivity index is 1.35. The van der Waals surface area contributed by atoms with Crippen LogP contribution in [0.3, 0.4) is 0 Å². The maximum Gasteiger partial charge on any atom is 0.234 e. The lowest BCUT2D eigenvalue weighted by Gasteiger charge is -2.13. The molecule has 2 aliphatic rings. The van der Waals surface area contributed by atoms with Crippen LogP contribution in [0, 0.1) is 12.8 Å². The second-order valence-corrected chi connectivity index (χ2v) is 8.67. The van der Waals surface area contributed by atoms with E-state index >= 15 is 0 Å². The van der Waals surface area contributed by atoms with E-state index in [2.05, 4.69) is 14.7 Å². The van der Waals surface area contributed by atoms with Gasteiger partial charge in [0, 0.05) is 18.1 Å². The predicted octanol–water partition coefficient (Wildman–Crippen LogP) is 1.41. The van der Waals surface area contributed by atoms with Gasteiger partial charge in [0.25, 0.3) is 0 Å². The Bertz CT molecular complexity index is 844. The smallest absolute Gasteiger partial charge is 0.234 e. The molecule has 2 unspecified atom stereocenters. The standard InChI is InChI=1S/C16H22N4O3S/c1-11-6-7-20-9-13(19-16(20)18-11)8-17-24(21,22)10-14-4-5-15(23-14)12-2-3-12/h6-7,9,12,14-15,17H,2-5,8,10H2,1H3. The first kappa shape index (κ1) is 16.0. The van der Waals surface area contributed by atoms with Crippen molar-refractivity contribution in [1.82, 2.24) is 19.1 Å². The Hall–Kier alpha value is -1.51. The Morgan fingerprint density at radius 2 is 2.12 bits per heavy atom. The number of aromatic nitrogens is 3. The molecule has 1 aliphatic heterocycles. The summed E-state index contributed by atoms with van der Waals surface area (Å²) in [6.07, 6.45) is 8.03. The molecule has 1 saturated carbocycles. The van der Waals surface area contributed by atoms with E-state index in [1.807, 2.05) is 19.2 Å². The van der Waals surface area contributed by atoms with Gasteiger partial charge >= 0.3 is 0 Å². The number of hydrogen-bond donors (Lipinski definition) is 1. The molecule has 1 aliphatic carbocycles. The Kier molecular flexibility index (Phi) is 4.06. The van der Waals surface area contributed by atoms with Crippen molar-refractivity contribution in [2.45, 2.75) is 51.4 Å². The van der Waals surface area contributed by atoms with Crippen LogP contribution in [0.5, 0.6) is 0 Å². The molecule has 1 saturated heterocycles. The third-order valence-electron chi connectivity index (χ3n) is 4.68. The number of imidazole rings is 1. The lowest BCUT2D eigenvalue weighted by molar-refractivity contribution is 0.0444. The summed E-state index contributed by atoms with van der Waals surface area (Å²) in [4.78, 5) is 8.65. The lowest BCUT2D eigenvalue weighted by atomic mass is 10.1. The fourth-order valence-corrected chi connectivity index (χ4v) is 4.47. The number of nitrogens with zero attached hydrogens (tertiary/aromatic N) is 3. The van der Waals surface area contributed by atoms with Gasteiger partial charge in [-0.05, 0) is 44.6 Å². The van der Waals surface area contributed by atoms with Crippen molar-refractivity contribution in [2.75, 3.05) is 5.75 Å². The number of sulfonamides is 1. The summed E-state index contributed by atoms with van der Waals surface area (Å²) in [5.74, 6) is 1.27. The van der Waals surface area contributed by atoms with Gasteiger partial charge in [-0.2, -0.15) is 0 Å². The van der Waals surface area contributed by atoms with Crippen molar-refractivity contribution in [3.05, 3.63) is 29.8 Å². The fourth-order valence-electron chi connectivity index (χ4n) is 3.25. The number of nitrogens with one attached hydrogen (secondary N) is 1. The van der Waals surface area contributed by atoms with E-state index in [-0.39, 0.29) is 24.5 Å². The summed E-state index contributed by atoms with van der Waals surface area (Å²) in [5.41, 5.74) is 1.53. The average Bonchev–Trinajstić information content (AvgIpc) is 3.14. The maximum absolute atomic E-state index is 12.3. The van der Waals surface area contributed by atoms with Gasteiger partial charge in [0.05, 0.1) is 30.2 Å². The number of ether oxygens (including phenoxy) is 1. The molecule has 4 rings (SSSR count). The molecule has 0 aromatic carbocycles. The molecule has 2 fully saturated rings. The van der Waals surface area contributed by atoms with Crippen molar-refractivity contribution in [1.29, 1.82) is 0 Å². The molecule has 130 valence electrons. The molecular weight excluding hydrogens is 328 g/mol. The molecule has 7 nitrogen and oxygen atoms in total. The zero-order valence-electron chi connectivity index (χ0n) is 13.7. The first-order chi connectivity index (χ1) is 11.5. The Morgan fingerprint density at radius 1 is 1.29 bits per heavy atom. The number of fused-ring (bicyclic) bond motifs is 1. The molecule has 2 atom stereocenters. The second-order valence-electron chi connectivity index (χ2n) is 6.82. The monoisotopic (exact) mass is 350 g/mol. The molecule has 24 heavy (non-hydrogen) atoms. The molecule has 0 spiro atoms. The quantitative estimate of drug-likeness (QED) is 0.851. The maximum atomic E-state index is 12.3. The highest BCUT2D eigenvalue weighted by atomic mass is 32.2. The first-order valence-corrected chi connectivity index (χ1v) is 10.1. The molecular formula is C16H22N4O3S. The SMILES string of the molecule is Cc1ccn2cc(CNS(=O)(=O)CC3CCC(C4CC4)O3)nc2n1. The Morgan fingerprint density at radius 3 is 2.92 bits per heavy atom. The molecule has 0 amide bonds. The van der Waals surface area contributed by atoms with E-state index in [1.165, 1.54) is 12.8 Å². The van der Waals surface area contributed by atoms with Crippen LogP contribution >= 0.6 is 0 Å². The zero-order valence-corrected chi connectivity index (χ0v) is 14.5. The van der Waals surface area contributed by atoms with Crippen molar-refractivity contribution in [3.63, 3.8) is 0 Å². The van der Waals surface area contributed by atoms with E-state index in [9.17, 15) is 8.42 Å². The number of aryl methyl sites for hydroxylation is 1. The van der Waals surface area contributed by atoms with Gasteiger partial charge in [-0.1, -0.05) is 0 Å². The van der Waals surface area contributed by atoms with Gasteiger partial charge in [0.2, 0.25) is 15.8 Å². The van der Waals surface area contributed by atoms with Gasteiger partial charge in [-0.3, -0.25) is 4.40 Å². The van der Waals surface area contributed by atoms with E-state index in [0.29, 0.717) is 17.4 Å². The summed E-state index contributed by atoms with van der Waals surface area (Å²) in [5, 5.41) is 0. The third kappa shape index (κ3) is 3.60. The number of hydrogen-bond acceptors (Lipinski definition) is 5. The molecule has 3 heterocycles. The molecule has 2 aromatic heterocycles. The topological polar surface area (TPSA) is 85.6 Å². The van der Waals surface area contributed by atoms with Crippen LogP contribution in [0.15, 0.2) is 18.5 Å². The average molecular weight is 350 g/mol. The van der Waals surface area contributed by atoms with Crippen molar-refractivity contribution >= 4 is 15.8 Å². The van der Waals surface area contributed by atoms with E-state index < -0.39 is 10.0 Å². The highest BCUT2D eigenvalue weighted by molar-refractivity contribution is 7.89. The highest BCUT2D eigenvalue weighted by Gasteiger charge is 2.38. The van der Waals surface area contributed by atoms with E-state index in [1.54, 1.807) is 10.6 Å². The summed E-state index contributed by atoms with van der Waals surface area (Å²) >= 11 is 0. The van der Waals surface area contributed by atoms with E-state index in [4.69, 9.17) is 4.74 Å². The van der Waals surface area contributed by atoms with Crippen LogP contribution in [0.25, 0.3) is 5.78 Å². The van der Waals surface area contributed by atoms with Crippen LogP contribution in [-0.4, -0.2) is 40.7 Å². The second kappa shape index (κ2) is 6.09. The molecule has 0 radical (unpaired) electrons. The molecule has 8 heteroatoms. The summed E-state index contributed by atoms with van der Waals surface area (Å²) in [6, 6.07) is 1.89. The number of rotatable bonds is 6.